The average Bonchev–Trinajstić information content (AvgIpc) is 2.07. The maximum Gasteiger partial charge on any atom is 0.0498 e. The summed E-state index contributed by atoms with van der Waals surface area (Å²) in [6.07, 6.45) is 3.60. The second-order valence-electron chi connectivity index (χ2n) is 3.17. The third-order valence-electron chi connectivity index (χ3n) is 1.89. The maximum absolute atomic E-state index is 5.43. The van der Waals surface area contributed by atoms with Gasteiger partial charge in [0.2, 0.25) is 0 Å². The van der Waals surface area contributed by atoms with Crippen LogP contribution in [0, 0.1) is 5.92 Å². The number of hydrazine groups is 1. The molecule has 3 heteroatoms. The molecule has 0 aliphatic heterocycles. The molecule has 0 aliphatic carbocycles. The largest absolute Gasteiger partial charge is 0.271 e. The summed E-state index contributed by atoms with van der Waals surface area (Å²) in [6.45, 7) is 4.25. The lowest BCUT2D eigenvalue weighted by atomic mass is 9.98. The van der Waals surface area contributed by atoms with Crippen LogP contribution in [0.4, 0.5) is 0 Å². The zero-order valence-corrected chi connectivity index (χ0v) is 7.49. The van der Waals surface area contributed by atoms with E-state index < -0.39 is 0 Å². The molecular formula is C9H15N3. The van der Waals surface area contributed by atoms with Crippen LogP contribution in [0.1, 0.15) is 25.5 Å². The lowest BCUT2D eigenvalue weighted by Crippen LogP contribution is -2.31. The molecular weight excluding hydrogens is 150 g/mol. The van der Waals surface area contributed by atoms with Gasteiger partial charge in [-0.1, -0.05) is 19.9 Å². The van der Waals surface area contributed by atoms with Gasteiger partial charge in [-0.05, 0) is 17.5 Å². The Bertz CT molecular complexity index is 220. The summed E-state index contributed by atoms with van der Waals surface area (Å²) in [6, 6.07) is 4.14. The number of aromatic nitrogens is 1. The fourth-order valence-corrected chi connectivity index (χ4v) is 1.23. The summed E-state index contributed by atoms with van der Waals surface area (Å²) < 4.78 is 0. The van der Waals surface area contributed by atoms with Gasteiger partial charge in [0.15, 0.2) is 0 Å². The van der Waals surface area contributed by atoms with Gasteiger partial charge in [0, 0.05) is 18.4 Å². The van der Waals surface area contributed by atoms with Crippen molar-refractivity contribution in [1.82, 2.24) is 10.4 Å². The van der Waals surface area contributed by atoms with E-state index in [1.807, 2.05) is 18.3 Å². The Labute approximate surface area is 73.0 Å². The van der Waals surface area contributed by atoms with Crippen LogP contribution in [-0.4, -0.2) is 4.98 Å². The molecule has 0 radical (unpaired) electrons. The van der Waals surface area contributed by atoms with Crippen LogP contribution in [-0.2, 0) is 0 Å². The number of nitrogens with zero attached hydrogens (tertiary/aromatic N) is 1. The van der Waals surface area contributed by atoms with Crippen molar-refractivity contribution in [1.29, 1.82) is 0 Å². The van der Waals surface area contributed by atoms with Crippen LogP contribution in [0.5, 0.6) is 0 Å². The van der Waals surface area contributed by atoms with E-state index in [0.29, 0.717) is 5.92 Å². The Balaban J connectivity index is 2.80. The average molecular weight is 165 g/mol. The molecule has 12 heavy (non-hydrogen) atoms. The van der Waals surface area contributed by atoms with Crippen LogP contribution >= 0.6 is 0 Å². The quantitative estimate of drug-likeness (QED) is 0.523. The Hall–Kier alpha value is -0.930. The smallest absolute Gasteiger partial charge is 0.0498 e. The van der Waals surface area contributed by atoms with Gasteiger partial charge in [0.05, 0.1) is 0 Å². The van der Waals surface area contributed by atoms with Gasteiger partial charge in [-0.15, -0.1) is 0 Å². The van der Waals surface area contributed by atoms with Crippen molar-refractivity contribution in [3.05, 3.63) is 30.1 Å². The zero-order valence-electron chi connectivity index (χ0n) is 7.49. The normalized spacial score (nSPS) is 13.3. The Morgan fingerprint density at radius 1 is 1.50 bits per heavy atom. The first kappa shape index (κ1) is 9.16. The summed E-state index contributed by atoms with van der Waals surface area (Å²) >= 11 is 0. The summed E-state index contributed by atoms with van der Waals surface area (Å²) in [5.74, 6) is 5.90. The molecule has 0 bridgehead atoms. The zero-order chi connectivity index (χ0) is 8.97. The molecule has 1 atom stereocenters. The van der Waals surface area contributed by atoms with Crippen molar-refractivity contribution in [2.24, 2.45) is 11.8 Å². The van der Waals surface area contributed by atoms with Crippen LogP contribution in [0.15, 0.2) is 24.5 Å². The van der Waals surface area contributed by atoms with Crippen LogP contribution in [0.3, 0.4) is 0 Å². The highest BCUT2D eigenvalue weighted by Gasteiger charge is 2.12. The minimum absolute atomic E-state index is 0.193. The molecule has 1 heterocycles. The molecule has 1 unspecified atom stereocenters. The van der Waals surface area contributed by atoms with Gasteiger partial charge in [-0.3, -0.25) is 16.3 Å². The molecule has 1 aromatic rings. The highest BCUT2D eigenvalue weighted by Crippen LogP contribution is 2.18. The van der Waals surface area contributed by atoms with E-state index in [1.54, 1.807) is 6.20 Å². The van der Waals surface area contributed by atoms with Crippen molar-refractivity contribution in [2.45, 2.75) is 19.9 Å². The fourth-order valence-electron chi connectivity index (χ4n) is 1.23. The van der Waals surface area contributed by atoms with Gasteiger partial charge in [0.25, 0.3) is 0 Å². The predicted octanol–water partition coefficient (Wildman–Crippen LogP) is 1.24. The van der Waals surface area contributed by atoms with E-state index in [4.69, 9.17) is 5.84 Å². The number of hydrogen-bond acceptors (Lipinski definition) is 3. The first-order valence-electron chi connectivity index (χ1n) is 4.11. The first-order valence-corrected chi connectivity index (χ1v) is 4.11. The molecule has 0 fully saturated rings. The van der Waals surface area contributed by atoms with Crippen molar-refractivity contribution in [3.63, 3.8) is 0 Å². The van der Waals surface area contributed by atoms with Crippen molar-refractivity contribution in [2.75, 3.05) is 0 Å². The van der Waals surface area contributed by atoms with Crippen molar-refractivity contribution in [3.8, 4) is 0 Å². The number of rotatable bonds is 3. The SMILES string of the molecule is CC(C)C(NN)c1cccnc1. The number of nitrogens with two attached hydrogens (primary N) is 1. The topological polar surface area (TPSA) is 50.9 Å². The Morgan fingerprint density at radius 2 is 2.25 bits per heavy atom. The summed E-state index contributed by atoms with van der Waals surface area (Å²) in [5.41, 5.74) is 3.91. The number of pyridine rings is 1. The fraction of sp³-hybridized carbons (Fsp3) is 0.444. The summed E-state index contributed by atoms with van der Waals surface area (Å²) in [7, 11) is 0. The Morgan fingerprint density at radius 3 is 2.67 bits per heavy atom. The third-order valence-corrected chi connectivity index (χ3v) is 1.89. The molecule has 0 saturated heterocycles. The second-order valence-corrected chi connectivity index (χ2v) is 3.17. The Kier molecular flexibility index (Phi) is 3.19. The van der Waals surface area contributed by atoms with Gasteiger partial charge in [-0.2, -0.15) is 0 Å². The number of hydrogen-bond donors (Lipinski definition) is 2. The van der Waals surface area contributed by atoms with E-state index in [0.717, 1.165) is 5.56 Å². The molecule has 0 aliphatic rings. The van der Waals surface area contributed by atoms with Gasteiger partial charge in [-0.25, -0.2) is 0 Å². The van der Waals surface area contributed by atoms with Gasteiger partial charge in [0.1, 0.15) is 0 Å². The maximum atomic E-state index is 5.43. The van der Waals surface area contributed by atoms with E-state index in [2.05, 4.69) is 24.3 Å². The third kappa shape index (κ3) is 2.03. The van der Waals surface area contributed by atoms with Crippen LogP contribution in [0.2, 0.25) is 0 Å². The molecule has 1 rings (SSSR count). The molecule has 0 amide bonds. The molecule has 0 saturated carbocycles. The first-order chi connectivity index (χ1) is 5.75. The van der Waals surface area contributed by atoms with E-state index >= 15 is 0 Å². The molecule has 0 spiro atoms. The lowest BCUT2D eigenvalue weighted by Gasteiger charge is -2.19. The molecule has 0 aromatic carbocycles. The summed E-state index contributed by atoms with van der Waals surface area (Å²) in [4.78, 5) is 4.04. The molecule has 3 nitrogen and oxygen atoms in total. The molecule has 3 N–H and O–H groups in total. The molecule has 1 aromatic heterocycles. The predicted molar refractivity (Wildman–Crippen MR) is 49.1 cm³/mol. The van der Waals surface area contributed by atoms with E-state index in [1.165, 1.54) is 0 Å². The molecule has 66 valence electrons. The van der Waals surface area contributed by atoms with Crippen LogP contribution < -0.4 is 11.3 Å². The lowest BCUT2D eigenvalue weighted by molar-refractivity contribution is 0.420. The van der Waals surface area contributed by atoms with Crippen molar-refractivity contribution < 1.29 is 0 Å². The monoisotopic (exact) mass is 165 g/mol. The minimum atomic E-state index is 0.193. The van der Waals surface area contributed by atoms with E-state index in [9.17, 15) is 0 Å². The second kappa shape index (κ2) is 4.18. The highest BCUT2D eigenvalue weighted by molar-refractivity contribution is 5.13. The highest BCUT2D eigenvalue weighted by atomic mass is 15.2. The standard InChI is InChI=1S/C9H15N3/c1-7(2)9(12-10)8-4-3-5-11-6-8/h3-7,9,12H,10H2,1-2H3. The van der Waals surface area contributed by atoms with E-state index in [-0.39, 0.29) is 6.04 Å². The van der Waals surface area contributed by atoms with Gasteiger partial charge < -0.3 is 0 Å². The number of nitrogens with one attached hydrogen (secondary N) is 1. The van der Waals surface area contributed by atoms with Crippen LogP contribution in [0.25, 0.3) is 0 Å². The van der Waals surface area contributed by atoms with Crippen molar-refractivity contribution >= 4 is 0 Å². The minimum Gasteiger partial charge on any atom is -0.271 e. The summed E-state index contributed by atoms with van der Waals surface area (Å²) in [5, 5.41) is 0. The van der Waals surface area contributed by atoms with Gasteiger partial charge >= 0.3 is 0 Å².